The van der Waals surface area contributed by atoms with Crippen molar-refractivity contribution in [1.82, 2.24) is 5.32 Å². The molecule has 0 aromatic carbocycles. The second-order valence-corrected chi connectivity index (χ2v) is 3.63. The first-order valence-corrected chi connectivity index (χ1v) is 4.68. The Morgan fingerprint density at radius 3 is 2.36 bits per heavy atom. The zero-order valence-corrected chi connectivity index (χ0v) is 9.30. The third-order valence-electron chi connectivity index (χ3n) is 1.84. The van der Waals surface area contributed by atoms with Crippen LogP contribution < -0.4 is 5.32 Å². The van der Waals surface area contributed by atoms with Gasteiger partial charge in [0.15, 0.2) is 0 Å². The quantitative estimate of drug-likeness (QED) is 0.567. The Morgan fingerprint density at radius 1 is 1.57 bits per heavy atom. The number of carboxylic acids is 1. The van der Waals surface area contributed by atoms with Crippen LogP contribution in [0, 0.1) is 0 Å². The summed E-state index contributed by atoms with van der Waals surface area (Å²) in [4.78, 5) is 22.0. The third-order valence-corrected chi connectivity index (χ3v) is 2.21. The fourth-order valence-electron chi connectivity index (χ4n) is 0.610. The number of methoxy groups -OCH3 is 1. The molecule has 0 bridgehead atoms. The molecular weight excluding hydrogens is 206 g/mol. The number of hydrogen-bond donors (Lipinski definition) is 3. The van der Waals surface area contributed by atoms with E-state index in [2.05, 4.69) is 17.9 Å². The smallest absolute Gasteiger partial charge is 0.327 e. The number of rotatable bonds is 5. The van der Waals surface area contributed by atoms with Crippen LogP contribution in [-0.4, -0.2) is 41.5 Å². The Hall–Kier alpha value is -0.750. The molecule has 5 nitrogen and oxygen atoms in total. The second kappa shape index (κ2) is 5.21. The van der Waals surface area contributed by atoms with Gasteiger partial charge in [0.25, 0.3) is 5.91 Å². The molecule has 6 heteroatoms. The van der Waals surface area contributed by atoms with Gasteiger partial charge >= 0.3 is 5.97 Å². The first kappa shape index (κ1) is 13.2. The molecule has 0 spiro atoms. The molecule has 0 aromatic rings. The molecule has 0 heterocycles. The van der Waals surface area contributed by atoms with Crippen LogP contribution in [0.4, 0.5) is 0 Å². The summed E-state index contributed by atoms with van der Waals surface area (Å²) in [6.45, 7) is 3.11. The molecule has 0 unspecified atom stereocenters. The van der Waals surface area contributed by atoms with Gasteiger partial charge in [0.05, 0.1) is 0 Å². The molecule has 0 aliphatic heterocycles. The summed E-state index contributed by atoms with van der Waals surface area (Å²) in [7, 11) is 1.38. The second-order valence-electron chi connectivity index (χ2n) is 3.26. The molecule has 0 aliphatic rings. The maximum absolute atomic E-state index is 11.4. The van der Waals surface area contributed by atoms with Crippen molar-refractivity contribution in [2.75, 3.05) is 12.9 Å². The van der Waals surface area contributed by atoms with Gasteiger partial charge in [0.2, 0.25) is 0 Å². The lowest BCUT2D eigenvalue weighted by atomic mass is 10.1. The van der Waals surface area contributed by atoms with Gasteiger partial charge in [-0.05, 0) is 13.8 Å². The summed E-state index contributed by atoms with van der Waals surface area (Å²) >= 11 is 3.82. The predicted molar refractivity (Wildman–Crippen MR) is 54.5 cm³/mol. The molecule has 82 valence electrons. The van der Waals surface area contributed by atoms with E-state index >= 15 is 0 Å². The van der Waals surface area contributed by atoms with Crippen molar-refractivity contribution in [3.8, 4) is 0 Å². The van der Waals surface area contributed by atoms with Crippen LogP contribution in [0.25, 0.3) is 0 Å². The highest BCUT2D eigenvalue weighted by atomic mass is 32.1. The minimum atomic E-state index is -1.11. The molecule has 1 atom stereocenters. The minimum absolute atomic E-state index is 0.0425. The van der Waals surface area contributed by atoms with Gasteiger partial charge in [0.1, 0.15) is 11.6 Å². The average Bonchev–Trinajstić information content (AvgIpc) is 2.12. The number of carbonyl (C=O) groups excluding carboxylic acids is 1. The maximum Gasteiger partial charge on any atom is 0.327 e. The van der Waals surface area contributed by atoms with Crippen LogP contribution in [0.5, 0.6) is 0 Å². The summed E-state index contributed by atoms with van der Waals surface area (Å²) in [5, 5.41) is 11.0. The molecule has 0 rings (SSSR count). The van der Waals surface area contributed by atoms with Gasteiger partial charge in [-0.15, -0.1) is 0 Å². The van der Waals surface area contributed by atoms with Crippen molar-refractivity contribution >= 4 is 24.5 Å². The molecule has 0 saturated carbocycles. The predicted octanol–water partition coefficient (Wildman–Crippen LogP) is -0.0894. The summed E-state index contributed by atoms with van der Waals surface area (Å²) < 4.78 is 4.89. The molecule has 0 aromatic heterocycles. The SMILES string of the molecule is COC(C)(C)C(=O)N[C@@H](CS)C(=O)O. The molecule has 0 saturated heterocycles. The number of nitrogens with one attached hydrogen (secondary N) is 1. The van der Waals surface area contributed by atoms with Gasteiger partial charge in [-0.3, -0.25) is 4.79 Å². The minimum Gasteiger partial charge on any atom is -0.480 e. The zero-order chi connectivity index (χ0) is 11.4. The lowest BCUT2D eigenvalue weighted by molar-refractivity contribution is -0.146. The highest BCUT2D eigenvalue weighted by Crippen LogP contribution is 2.07. The van der Waals surface area contributed by atoms with Crippen molar-refractivity contribution in [2.24, 2.45) is 0 Å². The van der Waals surface area contributed by atoms with E-state index in [1.165, 1.54) is 7.11 Å². The van der Waals surface area contributed by atoms with Crippen LogP contribution in [0.15, 0.2) is 0 Å². The summed E-state index contributed by atoms with van der Waals surface area (Å²) in [6.07, 6.45) is 0. The summed E-state index contributed by atoms with van der Waals surface area (Å²) in [6, 6.07) is -0.986. The van der Waals surface area contributed by atoms with E-state index < -0.39 is 23.5 Å². The molecule has 0 fully saturated rings. The lowest BCUT2D eigenvalue weighted by Crippen LogP contribution is -2.51. The molecule has 2 N–H and O–H groups in total. The third kappa shape index (κ3) is 3.55. The van der Waals surface area contributed by atoms with E-state index in [1.807, 2.05) is 0 Å². The fourth-order valence-corrected chi connectivity index (χ4v) is 0.858. The first-order chi connectivity index (χ1) is 6.35. The Kier molecular flexibility index (Phi) is 4.93. The molecule has 1 amide bonds. The Bertz CT molecular complexity index is 229. The standard InChI is InChI=1S/C8H15NO4S/c1-8(2,13-3)7(12)9-5(4-14)6(10)11/h5,14H,4H2,1-3H3,(H,9,12)(H,10,11)/t5-/m0/s1. The number of thiol groups is 1. The Labute approximate surface area is 88.2 Å². The van der Waals surface area contributed by atoms with E-state index in [1.54, 1.807) is 13.8 Å². The monoisotopic (exact) mass is 221 g/mol. The van der Waals surface area contributed by atoms with Gasteiger partial charge in [-0.25, -0.2) is 4.79 Å². The number of ether oxygens (including phenoxy) is 1. The van der Waals surface area contributed by atoms with Crippen LogP contribution in [-0.2, 0) is 14.3 Å². The highest BCUT2D eigenvalue weighted by Gasteiger charge is 2.30. The van der Waals surface area contributed by atoms with Crippen LogP contribution in [0.1, 0.15) is 13.8 Å². The number of aliphatic carboxylic acids is 1. The molecular formula is C8H15NO4S. The number of carbonyl (C=O) groups is 2. The normalized spacial score (nSPS) is 13.4. The Balaban J connectivity index is 4.37. The highest BCUT2D eigenvalue weighted by molar-refractivity contribution is 7.80. The zero-order valence-electron chi connectivity index (χ0n) is 8.40. The topological polar surface area (TPSA) is 75.6 Å². The first-order valence-electron chi connectivity index (χ1n) is 4.05. The maximum atomic E-state index is 11.4. The van der Waals surface area contributed by atoms with E-state index in [0.29, 0.717) is 0 Å². The van der Waals surface area contributed by atoms with Crippen LogP contribution in [0.3, 0.4) is 0 Å². The van der Waals surface area contributed by atoms with Crippen molar-refractivity contribution < 1.29 is 19.4 Å². The van der Waals surface area contributed by atoms with Crippen LogP contribution in [0.2, 0.25) is 0 Å². The van der Waals surface area contributed by atoms with E-state index in [-0.39, 0.29) is 5.75 Å². The van der Waals surface area contributed by atoms with Gasteiger partial charge in [-0.1, -0.05) is 0 Å². The number of amides is 1. The molecule has 0 aliphatic carbocycles. The van der Waals surface area contributed by atoms with Crippen molar-refractivity contribution in [3.05, 3.63) is 0 Å². The van der Waals surface area contributed by atoms with E-state index in [4.69, 9.17) is 9.84 Å². The molecule has 14 heavy (non-hydrogen) atoms. The Morgan fingerprint density at radius 2 is 2.07 bits per heavy atom. The van der Waals surface area contributed by atoms with E-state index in [0.717, 1.165) is 0 Å². The summed E-state index contributed by atoms with van der Waals surface area (Å²) in [5.41, 5.74) is -1.03. The van der Waals surface area contributed by atoms with Gasteiger partial charge in [0, 0.05) is 12.9 Å². The van der Waals surface area contributed by atoms with Crippen LogP contribution >= 0.6 is 12.6 Å². The largest absolute Gasteiger partial charge is 0.480 e. The number of carboxylic acid groups (broad SMARTS) is 1. The lowest BCUT2D eigenvalue weighted by Gasteiger charge is -2.23. The van der Waals surface area contributed by atoms with Crippen molar-refractivity contribution in [1.29, 1.82) is 0 Å². The fraction of sp³-hybridized carbons (Fsp3) is 0.750. The average molecular weight is 221 g/mol. The van der Waals surface area contributed by atoms with Gasteiger partial charge < -0.3 is 15.2 Å². The molecule has 0 radical (unpaired) electrons. The van der Waals surface area contributed by atoms with E-state index in [9.17, 15) is 9.59 Å². The van der Waals surface area contributed by atoms with Crippen molar-refractivity contribution in [3.63, 3.8) is 0 Å². The number of hydrogen-bond acceptors (Lipinski definition) is 4. The van der Waals surface area contributed by atoms with Gasteiger partial charge in [-0.2, -0.15) is 12.6 Å². The van der Waals surface area contributed by atoms with Crippen molar-refractivity contribution in [2.45, 2.75) is 25.5 Å². The summed E-state index contributed by atoms with van der Waals surface area (Å²) in [5.74, 6) is -1.54.